The summed E-state index contributed by atoms with van der Waals surface area (Å²) in [6.45, 7) is 0.516. The lowest BCUT2D eigenvalue weighted by Gasteiger charge is -2.09. The molecule has 2 rings (SSSR count). The van der Waals surface area contributed by atoms with Gasteiger partial charge in [-0.1, -0.05) is 6.07 Å². The quantitative estimate of drug-likeness (QED) is 0.913. The molecule has 0 aliphatic rings. The highest BCUT2D eigenvalue weighted by Crippen LogP contribution is 2.27. The zero-order chi connectivity index (χ0) is 13.8. The number of hydrogen-bond donors (Lipinski definition) is 1. The standard InChI is InChI=1S/C14H12F3NO/c1-18-8-9-2-4-13(11(16)6-9)19-14-5-3-10(15)7-12(14)17/h2-7,18H,8H2,1H3. The number of rotatable bonds is 4. The molecule has 0 saturated carbocycles. The van der Waals surface area contributed by atoms with Crippen molar-refractivity contribution in [3.05, 3.63) is 59.4 Å². The first-order chi connectivity index (χ1) is 9.10. The van der Waals surface area contributed by atoms with Crippen LogP contribution in [0.2, 0.25) is 0 Å². The predicted octanol–water partition coefficient (Wildman–Crippen LogP) is 3.62. The molecule has 5 heteroatoms. The summed E-state index contributed by atoms with van der Waals surface area (Å²) in [5.41, 5.74) is 0.743. The van der Waals surface area contributed by atoms with Crippen molar-refractivity contribution in [2.24, 2.45) is 0 Å². The second-order valence-corrected chi connectivity index (χ2v) is 3.97. The molecule has 0 saturated heterocycles. The van der Waals surface area contributed by atoms with Gasteiger partial charge in [-0.2, -0.15) is 0 Å². The van der Waals surface area contributed by atoms with E-state index in [1.807, 2.05) is 0 Å². The van der Waals surface area contributed by atoms with Gasteiger partial charge in [0.25, 0.3) is 0 Å². The Hall–Kier alpha value is -2.01. The van der Waals surface area contributed by atoms with E-state index in [0.29, 0.717) is 12.6 Å². The van der Waals surface area contributed by atoms with Gasteiger partial charge < -0.3 is 10.1 Å². The molecule has 2 nitrogen and oxygen atoms in total. The molecule has 0 amide bonds. The second-order valence-electron chi connectivity index (χ2n) is 3.97. The molecule has 0 aliphatic carbocycles. The van der Waals surface area contributed by atoms with Crippen LogP contribution in [-0.4, -0.2) is 7.05 Å². The summed E-state index contributed by atoms with van der Waals surface area (Å²) in [4.78, 5) is 0. The summed E-state index contributed by atoms with van der Waals surface area (Å²) in [7, 11) is 1.75. The van der Waals surface area contributed by atoms with Crippen LogP contribution in [0.25, 0.3) is 0 Å². The predicted molar refractivity (Wildman–Crippen MR) is 65.6 cm³/mol. The van der Waals surface area contributed by atoms with Crippen LogP contribution in [0.5, 0.6) is 11.5 Å². The van der Waals surface area contributed by atoms with E-state index in [1.165, 1.54) is 12.1 Å². The fourth-order valence-corrected chi connectivity index (χ4v) is 1.62. The van der Waals surface area contributed by atoms with E-state index in [0.717, 1.165) is 17.7 Å². The molecule has 0 unspecified atom stereocenters. The monoisotopic (exact) mass is 267 g/mol. The van der Waals surface area contributed by atoms with Crippen molar-refractivity contribution in [2.45, 2.75) is 6.54 Å². The van der Waals surface area contributed by atoms with E-state index in [2.05, 4.69) is 5.32 Å². The van der Waals surface area contributed by atoms with E-state index in [9.17, 15) is 13.2 Å². The third-order valence-corrected chi connectivity index (χ3v) is 2.49. The van der Waals surface area contributed by atoms with Gasteiger partial charge in [0.05, 0.1) is 0 Å². The molecule has 2 aromatic carbocycles. The highest BCUT2D eigenvalue weighted by Gasteiger charge is 2.10. The maximum Gasteiger partial charge on any atom is 0.168 e. The van der Waals surface area contributed by atoms with E-state index < -0.39 is 17.5 Å². The summed E-state index contributed by atoms with van der Waals surface area (Å²) < 4.78 is 44.9. The Morgan fingerprint density at radius 2 is 1.58 bits per heavy atom. The van der Waals surface area contributed by atoms with Crippen LogP contribution in [0.3, 0.4) is 0 Å². The van der Waals surface area contributed by atoms with Crippen molar-refractivity contribution >= 4 is 0 Å². The highest BCUT2D eigenvalue weighted by molar-refractivity contribution is 5.35. The third kappa shape index (κ3) is 3.26. The molecule has 0 aliphatic heterocycles. The van der Waals surface area contributed by atoms with Crippen molar-refractivity contribution < 1.29 is 17.9 Å². The van der Waals surface area contributed by atoms with Crippen LogP contribution < -0.4 is 10.1 Å². The molecule has 0 aromatic heterocycles. The molecule has 0 atom stereocenters. The first-order valence-electron chi connectivity index (χ1n) is 5.66. The molecule has 0 fully saturated rings. The van der Waals surface area contributed by atoms with Gasteiger partial charge in [0.15, 0.2) is 23.1 Å². The van der Waals surface area contributed by atoms with Gasteiger partial charge in [0, 0.05) is 12.6 Å². The van der Waals surface area contributed by atoms with Gasteiger partial charge in [-0.25, -0.2) is 13.2 Å². The summed E-state index contributed by atoms with van der Waals surface area (Å²) in [6.07, 6.45) is 0. The van der Waals surface area contributed by atoms with E-state index >= 15 is 0 Å². The Kier molecular flexibility index (Phi) is 4.06. The first-order valence-corrected chi connectivity index (χ1v) is 5.66. The molecule has 0 bridgehead atoms. The summed E-state index contributed by atoms with van der Waals surface area (Å²) >= 11 is 0. The van der Waals surface area contributed by atoms with Crippen molar-refractivity contribution in [1.82, 2.24) is 5.32 Å². The molecule has 1 N–H and O–H groups in total. The van der Waals surface area contributed by atoms with Crippen molar-refractivity contribution in [1.29, 1.82) is 0 Å². The van der Waals surface area contributed by atoms with Crippen LogP contribution >= 0.6 is 0 Å². The number of halogens is 3. The van der Waals surface area contributed by atoms with E-state index in [-0.39, 0.29) is 11.5 Å². The molecule has 19 heavy (non-hydrogen) atoms. The number of ether oxygens (including phenoxy) is 1. The van der Waals surface area contributed by atoms with E-state index in [4.69, 9.17) is 4.74 Å². The average Bonchev–Trinajstić information content (AvgIpc) is 2.36. The molecule has 0 spiro atoms. The lowest BCUT2D eigenvalue weighted by atomic mass is 10.2. The minimum Gasteiger partial charge on any atom is -0.451 e. The summed E-state index contributed by atoms with van der Waals surface area (Å²) in [5, 5.41) is 2.89. The van der Waals surface area contributed by atoms with Crippen LogP contribution in [0.4, 0.5) is 13.2 Å². The second kappa shape index (κ2) is 5.75. The lowest BCUT2D eigenvalue weighted by molar-refractivity contribution is 0.411. The van der Waals surface area contributed by atoms with Crippen molar-refractivity contribution in [3.63, 3.8) is 0 Å². The zero-order valence-corrected chi connectivity index (χ0v) is 10.2. The Labute approximate surface area is 108 Å². The van der Waals surface area contributed by atoms with Gasteiger partial charge >= 0.3 is 0 Å². The topological polar surface area (TPSA) is 21.3 Å². The SMILES string of the molecule is CNCc1ccc(Oc2ccc(F)cc2F)c(F)c1. The molecular weight excluding hydrogens is 255 g/mol. The van der Waals surface area contributed by atoms with Crippen molar-refractivity contribution in [2.75, 3.05) is 7.05 Å². The van der Waals surface area contributed by atoms with Crippen LogP contribution in [0.1, 0.15) is 5.56 Å². The first kappa shape index (κ1) is 13.4. The normalized spacial score (nSPS) is 10.5. The Bertz CT molecular complexity index is 587. The maximum atomic E-state index is 13.7. The van der Waals surface area contributed by atoms with Gasteiger partial charge in [-0.3, -0.25) is 0 Å². The Balaban J connectivity index is 2.23. The fraction of sp³-hybridized carbons (Fsp3) is 0.143. The van der Waals surface area contributed by atoms with Crippen LogP contribution in [0.15, 0.2) is 36.4 Å². The number of benzene rings is 2. The summed E-state index contributed by atoms with van der Waals surface area (Å²) in [5.74, 6) is -2.52. The summed E-state index contributed by atoms with van der Waals surface area (Å²) in [6, 6.07) is 7.22. The van der Waals surface area contributed by atoms with E-state index in [1.54, 1.807) is 13.1 Å². The highest BCUT2D eigenvalue weighted by atomic mass is 19.1. The van der Waals surface area contributed by atoms with Crippen LogP contribution in [-0.2, 0) is 6.54 Å². The fourth-order valence-electron chi connectivity index (χ4n) is 1.62. The van der Waals surface area contributed by atoms with Crippen LogP contribution in [0, 0.1) is 17.5 Å². The maximum absolute atomic E-state index is 13.7. The lowest BCUT2D eigenvalue weighted by Crippen LogP contribution is -2.05. The molecule has 100 valence electrons. The minimum atomic E-state index is -0.876. The largest absolute Gasteiger partial charge is 0.451 e. The Morgan fingerprint density at radius 1 is 0.947 bits per heavy atom. The number of nitrogens with one attached hydrogen (secondary N) is 1. The molecule has 2 aromatic rings. The average molecular weight is 267 g/mol. The van der Waals surface area contributed by atoms with Crippen molar-refractivity contribution in [3.8, 4) is 11.5 Å². The molecule has 0 heterocycles. The van der Waals surface area contributed by atoms with Gasteiger partial charge in [-0.05, 0) is 36.9 Å². The Morgan fingerprint density at radius 3 is 2.16 bits per heavy atom. The van der Waals surface area contributed by atoms with Gasteiger partial charge in [0.1, 0.15) is 5.82 Å². The molecular formula is C14H12F3NO. The minimum absolute atomic E-state index is 0.106. The number of hydrogen-bond acceptors (Lipinski definition) is 2. The third-order valence-electron chi connectivity index (χ3n) is 2.49. The van der Waals surface area contributed by atoms with Gasteiger partial charge in [0.2, 0.25) is 0 Å². The smallest absolute Gasteiger partial charge is 0.168 e. The molecule has 0 radical (unpaired) electrons. The van der Waals surface area contributed by atoms with Gasteiger partial charge in [-0.15, -0.1) is 0 Å². The zero-order valence-electron chi connectivity index (χ0n) is 10.2.